The summed E-state index contributed by atoms with van der Waals surface area (Å²) < 4.78 is 64.4. The van der Waals surface area contributed by atoms with Crippen LogP contribution in [0.1, 0.15) is 12.0 Å². The van der Waals surface area contributed by atoms with Crippen LogP contribution in [0.2, 0.25) is 0 Å². The fraction of sp³-hybridized carbons (Fsp3) is 0.389. The summed E-state index contributed by atoms with van der Waals surface area (Å²) in [6.45, 7) is 0.211. The molecule has 0 aromatic carbocycles. The van der Waals surface area contributed by atoms with Gasteiger partial charge in [-0.05, 0) is 30.7 Å². The lowest BCUT2D eigenvalue weighted by molar-refractivity contribution is -0.137. The average molecular weight is 456 g/mol. The first-order valence-electron chi connectivity index (χ1n) is 9.30. The van der Waals surface area contributed by atoms with Crippen molar-refractivity contribution < 1.29 is 26.7 Å². The van der Waals surface area contributed by atoms with E-state index in [1.54, 1.807) is 12.1 Å². The first-order valence-corrected chi connectivity index (χ1v) is 11.2. The molecule has 3 aromatic rings. The standard InChI is InChI=1S/C18H19F3N6O3S/c1-31(29,30)26-7-6-14(16(28)10-26)24-17-23-9-12-3-5-15(27(12)25-17)13-4-2-11(8-22-13)18(19,20)21/h2-5,8-9,14,16,28H,6-7,10H2,1H3,(H,24,25)/t14-,16-/m1/s1. The van der Waals surface area contributed by atoms with Crippen LogP contribution in [0.25, 0.3) is 16.9 Å². The number of aromatic nitrogens is 4. The molecular formula is C18H19F3N6O3S. The molecule has 1 aliphatic heterocycles. The lowest BCUT2D eigenvalue weighted by atomic mass is 10.0. The number of hydrogen-bond acceptors (Lipinski definition) is 7. The van der Waals surface area contributed by atoms with Gasteiger partial charge in [0.05, 0.1) is 47.1 Å². The predicted octanol–water partition coefficient (Wildman–Crippen LogP) is 1.62. The van der Waals surface area contributed by atoms with Crippen LogP contribution in [0.4, 0.5) is 19.1 Å². The Morgan fingerprint density at radius 2 is 1.94 bits per heavy atom. The van der Waals surface area contributed by atoms with Crippen molar-refractivity contribution in [2.75, 3.05) is 24.7 Å². The molecular weight excluding hydrogens is 437 g/mol. The van der Waals surface area contributed by atoms with Gasteiger partial charge >= 0.3 is 6.18 Å². The third-order valence-electron chi connectivity index (χ3n) is 5.08. The van der Waals surface area contributed by atoms with E-state index in [4.69, 9.17) is 0 Å². The predicted molar refractivity (Wildman–Crippen MR) is 106 cm³/mol. The second-order valence-corrected chi connectivity index (χ2v) is 9.28. The van der Waals surface area contributed by atoms with Gasteiger partial charge < -0.3 is 10.4 Å². The Kier molecular flexibility index (Phi) is 5.35. The van der Waals surface area contributed by atoms with Crippen LogP contribution in [0.5, 0.6) is 0 Å². The molecule has 0 unspecified atom stereocenters. The molecule has 3 aromatic heterocycles. The third kappa shape index (κ3) is 4.48. The van der Waals surface area contributed by atoms with Gasteiger partial charge in [0.1, 0.15) is 0 Å². The number of nitrogens with zero attached hydrogens (tertiary/aromatic N) is 5. The Labute approximate surface area is 175 Å². The molecule has 31 heavy (non-hydrogen) atoms. The molecule has 4 rings (SSSR count). The summed E-state index contributed by atoms with van der Waals surface area (Å²) in [6.07, 6.45) is -1.69. The summed E-state index contributed by atoms with van der Waals surface area (Å²) in [5.41, 5.74) is 0.541. The number of β-amino-alcohol motifs (C(OH)–C–C–N with tert-alkyl or cyclic N) is 1. The number of fused-ring (bicyclic) bond motifs is 1. The molecule has 4 heterocycles. The zero-order valence-corrected chi connectivity index (χ0v) is 17.1. The Morgan fingerprint density at radius 3 is 2.55 bits per heavy atom. The van der Waals surface area contributed by atoms with Gasteiger partial charge in [0, 0.05) is 19.3 Å². The van der Waals surface area contributed by atoms with Gasteiger partial charge in [-0.1, -0.05) is 0 Å². The van der Waals surface area contributed by atoms with E-state index in [-0.39, 0.29) is 19.0 Å². The van der Waals surface area contributed by atoms with Crippen molar-refractivity contribution in [1.29, 1.82) is 0 Å². The number of aliphatic hydroxyl groups is 1. The Balaban J connectivity index is 1.56. The molecule has 0 bridgehead atoms. The van der Waals surface area contributed by atoms with E-state index < -0.39 is 33.9 Å². The van der Waals surface area contributed by atoms with Crippen LogP contribution < -0.4 is 5.32 Å². The number of rotatable bonds is 4. The molecule has 9 nitrogen and oxygen atoms in total. The van der Waals surface area contributed by atoms with Crippen LogP contribution in [0, 0.1) is 0 Å². The van der Waals surface area contributed by atoms with Crippen LogP contribution in [-0.2, 0) is 16.2 Å². The maximum Gasteiger partial charge on any atom is 0.417 e. The van der Waals surface area contributed by atoms with E-state index in [1.165, 1.54) is 21.1 Å². The fourth-order valence-electron chi connectivity index (χ4n) is 3.41. The normalized spacial score (nSPS) is 20.8. The zero-order valence-electron chi connectivity index (χ0n) is 16.3. The van der Waals surface area contributed by atoms with E-state index >= 15 is 0 Å². The van der Waals surface area contributed by atoms with Crippen molar-refractivity contribution in [3.63, 3.8) is 0 Å². The van der Waals surface area contributed by atoms with Crippen molar-refractivity contribution in [3.05, 3.63) is 42.2 Å². The Hall–Kier alpha value is -2.77. The van der Waals surface area contributed by atoms with Crippen molar-refractivity contribution in [2.24, 2.45) is 0 Å². The second-order valence-electron chi connectivity index (χ2n) is 7.29. The molecule has 0 amide bonds. The van der Waals surface area contributed by atoms with Gasteiger partial charge in [0.2, 0.25) is 16.0 Å². The lowest BCUT2D eigenvalue weighted by Gasteiger charge is -2.34. The molecule has 0 aliphatic carbocycles. The largest absolute Gasteiger partial charge is 0.417 e. The number of piperidine rings is 1. The summed E-state index contributed by atoms with van der Waals surface area (Å²) in [4.78, 5) is 8.10. The van der Waals surface area contributed by atoms with Crippen molar-refractivity contribution in [2.45, 2.75) is 24.7 Å². The highest BCUT2D eigenvalue weighted by Gasteiger charge is 2.32. The molecule has 2 atom stereocenters. The number of halogens is 3. The molecule has 2 N–H and O–H groups in total. The van der Waals surface area contributed by atoms with Gasteiger partial charge in [0.15, 0.2) is 0 Å². The summed E-state index contributed by atoms with van der Waals surface area (Å²) in [5.74, 6) is 0.189. The number of sulfonamides is 1. The number of aliphatic hydroxyl groups excluding tert-OH is 1. The van der Waals surface area contributed by atoms with Crippen molar-refractivity contribution in [1.82, 2.24) is 23.9 Å². The van der Waals surface area contributed by atoms with Crippen LogP contribution in [0.15, 0.2) is 36.7 Å². The molecule has 0 spiro atoms. The summed E-state index contributed by atoms with van der Waals surface area (Å²) in [5, 5.41) is 17.7. The maximum absolute atomic E-state index is 12.8. The highest BCUT2D eigenvalue weighted by molar-refractivity contribution is 7.88. The maximum atomic E-state index is 12.8. The second kappa shape index (κ2) is 7.73. The van der Waals surface area contributed by atoms with E-state index in [2.05, 4.69) is 20.4 Å². The molecule has 1 saturated heterocycles. The number of pyridine rings is 1. The smallest absolute Gasteiger partial charge is 0.390 e. The minimum Gasteiger partial charge on any atom is -0.390 e. The topological polar surface area (TPSA) is 113 Å². The first-order chi connectivity index (χ1) is 14.5. The van der Waals surface area contributed by atoms with E-state index in [0.717, 1.165) is 18.5 Å². The SMILES string of the molecule is CS(=O)(=O)N1CC[C@@H](Nc2ncc3ccc(-c4ccc(C(F)(F)F)cn4)n3n2)[C@H](O)C1. The fourth-order valence-corrected chi connectivity index (χ4v) is 4.27. The number of nitrogens with one attached hydrogen (secondary N) is 1. The van der Waals surface area contributed by atoms with Crippen molar-refractivity contribution in [3.8, 4) is 11.4 Å². The first kappa shape index (κ1) is 21.5. The number of hydrogen-bond donors (Lipinski definition) is 2. The number of alkyl halides is 3. The Bertz CT molecular complexity index is 1200. The van der Waals surface area contributed by atoms with Gasteiger partial charge in [-0.15, -0.1) is 5.10 Å². The third-order valence-corrected chi connectivity index (χ3v) is 6.35. The number of anilines is 1. The minimum atomic E-state index is -4.47. The van der Waals surface area contributed by atoms with E-state index in [0.29, 0.717) is 23.3 Å². The van der Waals surface area contributed by atoms with Gasteiger partial charge in [-0.3, -0.25) is 4.98 Å². The van der Waals surface area contributed by atoms with Crippen LogP contribution in [0.3, 0.4) is 0 Å². The van der Waals surface area contributed by atoms with Gasteiger partial charge in [0.25, 0.3) is 0 Å². The van der Waals surface area contributed by atoms with Crippen molar-refractivity contribution >= 4 is 21.5 Å². The molecule has 0 radical (unpaired) electrons. The monoisotopic (exact) mass is 456 g/mol. The van der Waals surface area contributed by atoms with E-state index in [1.807, 2.05) is 0 Å². The summed E-state index contributed by atoms with van der Waals surface area (Å²) in [6, 6.07) is 5.14. The van der Waals surface area contributed by atoms with E-state index in [9.17, 15) is 26.7 Å². The summed E-state index contributed by atoms with van der Waals surface area (Å²) in [7, 11) is -3.39. The zero-order chi connectivity index (χ0) is 22.4. The molecule has 13 heteroatoms. The summed E-state index contributed by atoms with van der Waals surface area (Å²) >= 11 is 0. The lowest BCUT2D eigenvalue weighted by Crippen LogP contribution is -2.51. The highest BCUT2D eigenvalue weighted by atomic mass is 32.2. The highest BCUT2D eigenvalue weighted by Crippen LogP contribution is 2.30. The average Bonchev–Trinajstić information content (AvgIpc) is 3.11. The quantitative estimate of drug-likeness (QED) is 0.613. The molecule has 0 saturated carbocycles. The molecule has 1 aliphatic rings. The van der Waals surface area contributed by atoms with Gasteiger partial charge in [-0.25, -0.2) is 17.9 Å². The molecule has 166 valence electrons. The molecule has 1 fully saturated rings. The van der Waals surface area contributed by atoms with Crippen LogP contribution >= 0.6 is 0 Å². The van der Waals surface area contributed by atoms with Crippen LogP contribution in [-0.4, -0.2) is 68.9 Å². The minimum absolute atomic E-state index is 0.0387. The Morgan fingerprint density at radius 1 is 1.16 bits per heavy atom. The van der Waals surface area contributed by atoms with Gasteiger partial charge in [-0.2, -0.15) is 17.5 Å².